The van der Waals surface area contributed by atoms with Crippen molar-refractivity contribution in [3.05, 3.63) is 35.9 Å². The maximum Gasteiger partial charge on any atom is 0.509 e. The van der Waals surface area contributed by atoms with Crippen molar-refractivity contribution in [1.29, 1.82) is 5.26 Å². The van der Waals surface area contributed by atoms with Gasteiger partial charge in [-0.05, 0) is 6.92 Å². The summed E-state index contributed by atoms with van der Waals surface area (Å²) in [5.41, 5.74) is 0.632. The quantitative estimate of drug-likeness (QED) is 0.711. The Kier molecular flexibility index (Phi) is 4.17. The highest BCUT2D eigenvalue weighted by Gasteiger charge is 2.15. The molecular formula is C11H11NO3. The van der Waals surface area contributed by atoms with E-state index < -0.39 is 12.3 Å². The molecule has 0 aliphatic rings. The van der Waals surface area contributed by atoms with Crippen LogP contribution in [0.25, 0.3) is 0 Å². The lowest BCUT2D eigenvalue weighted by Crippen LogP contribution is -2.11. The van der Waals surface area contributed by atoms with Crippen molar-refractivity contribution in [2.24, 2.45) is 0 Å². The van der Waals surface area contributed by atoms with E-state index in [1.165, 1.54) is 0 Å². The summed E-state index contributed by atoms with van der Waals surface area (Å²) in [4.78, 5) is 11.0. The molecule has 0 radical (unpaired) electrons. The molecule has 0 N–H and O–H groups in total. The number of hydrogen-bond acceptors (Lipinski definition) is 4. The fourth-order valence-corrected chi connectivity index (χ4v) is 1.04. The largest absolute Gasteiger partial charge is 0.509 e. The third kappa shape index (κ3) is 3.31. The lowest BCUT2D eigenvalue weighted by atomic mass is 10.1. The summed E-state index contributed by atoms with van der Waals surface area (Å²) in [7, 11) is 0. The molecule has 1 aromatic carbocycles. The molecule has 1 aromatic rings. The molecule has 78 valence electrons. The molecule has 0 heterocycles. The Morgan fingerprint density at radius 3 is 2.67 bits per heavy atom. The normalized spacial score (nSPS) is 11.2. The van der Waals surface area contributed by atoms with Gasteiger partial charge in [-0.3, -0.25) is 0 Å². The van der Waals surface area contributed by atoms with Gasteiger partial charge in [0.2, 0.25) is 6.10 Å². The maximum atomic E-state index is 11.0. The summed E-state index contributed by atoms with van der Waals surface area (Å²) in [6.45, 7) is 1.90. The zero-order valence-corrected chi connectivity index (χ0v) is 8.34. The maximum absolute atomic E-state index is 11.0. The van der Waals surface area contributed by atoms with Gasteiger partial charge in [0.05, 0.1) is 6.61 Å². The van der Waals surface area contributed by atoms with Crippen LogP contribution in [0.4, 0.5) is 4.79 Å². The predicted molar refractivity (Wildman–Crippen MR) is 52.9 cm³/mol. The summed E-state index contributed by atoms with van der Waals surface area (Å²) < 4.78 is 9.39. The minimum absolute atomic E-state index is 0.228. The third-order valence-electron chi connectivity index (χ3n) is 1.70. The van der Waals surface area contributed by atoms with Crippen molar-refractivity contribution in [3.8, 4) is 6.07 Å². The fraction of sp³-hybridized carbons (Fsp3) is 0.273. The average molecular weight is 205 g/mol. The van der Waals surface area contributed by atoms with Crippen molar-refractivity contribution in [3.63, 3.8) is 0 Å². The highest BCUT2D eigenvalue weighted by molar-refractivity contribution is 5.60. The van der Waals surface area contributed by atoms with E-state index in [9.17, 15) is 4.79 Å². The monoisotopic (exact) mass is 205 g/mol. The van der Waals surface area contributed by atoms with Gasteiger partial charge in [0, 0.05) is 5.56 Å². The minimum atomic E-state index is -0.912. The number of carbonyl (C=O) groups is 1. The van der Waals surface area contributed by atoms with Crippen LogP contribution < -0.4 is 0 Å². The number of benzene rings is 1. The first-order valence-electron chi connectivity index (χ1n) is 4.56. The van der Waals surface area contributed by atoms with E-state index in [4.69, 9.17) is 10.00 Å². The first-order chi connectivity index (χ1) is 7.27. The van der Waals surface area contributed by atoms with Gasteiger partial charge in [0.15, 0.2) is 0 Å². The summed E-state index contributed by atoms with van der Waals surface area (Å²) in [5.74, 6) is 0. The van der Waals surface area contributed by atoms with Gasteiger partial charge < -0.3 is 9.47 Å². The van der Waals surface area contributed by atoms with Gasteiger partial charge in [0.25, 0.3) is 0 Å². The van der Waals surface area contributed by atoms with Gasteiger partial charge in [-0.25, -0.2) is 4.79 Å². The van der Waals surface area contributed by atoms with Gasteiger partial charge in [-0.15, -0.1) is 0 Å². The van der Waals surface area contributed by atoms with E-state index in [1.54, 1.807) is 31.2 Å². The average Bonchev–Trinajstić information content (AvgIpc) is 2.27. The van der Waals surface area contributed by atoms with E-state index in [0.717, 1.165) is 0 Å². The fourth-order valence-electron chi connectivity index (χ4n) is 1.04. The van der Waals surface area contributed by atoms with Crippen LogP contribution in [0, 0.1) is 11.3 Å². The zero-order chi connectivity index (χ0) is 11.1. The second-order valence-electron chi connectivity index (χ2n) is 2.72. The first-order valence-corrected chi connectivity index (χ1v) is 4.56. The van der Waals surface area contributed by atoms with Crippen LogP contribution in [0.1, 0.15) is 18.6 Å². The van der Waals surface area contributed by atoms with Gasteiger partial charge in [-0.2, -0.15) is 5.26 Å². The van der Waals surface area contributed by atoms with E-state index >= 15 is 0 Å². The third-order valence-corrected chi connectivity index (χ3v) is 1.70. The van der Waals surface area contributed by atoms with E-state index in [1.807, 2.05) is 12.1 Å². The predicted octanol–water partition coefficient (Wildman–Crippen LogP) is 2.42. The van der Waals surface area contributed by atoms with Crippen LogP contribution in [0.5, 0.6) is 0 Å². The number of nitriles is 1. The first kappa shape index (κ1) is 11.1. The second kappa shape index (κ2) is 5.66. The highest BCUT2D eigenvalue weighted by Crippen LogP contribution is 2.16. The molecule has 0 spiro atoms. The Morgan fingerprint density at radius 2 is 2.13 bits per heavy atom. The van der Waals surface area contributed by atoms with Crippen LogP contribution in [-0.2, 0) is 9.47 Å². The molecule has 0 aromatic heterocycles. The standard InChI is InChI=1S/C11H11NO3/c1-2-14-11(13)15-10(8-12)9-6-4-3-5-7-9/h3-7,10H,2H2,1H3/t10-/m1/s1. The molecule has 0 aliphatic heterocycles. The topological polar surface area (TPSA) is 59.3 Å². The summed E-state index contributed by atoms with van der Waals surface area (Å²) in [6.07, 6.45) is -1.74. The molecule has 0 unspecified atom stereocenters. The number of hydrogen-bond donors (Lipinski definition) is 0. The number of nitrogens with zero attached hydrogens (tertiary/aromatic N) is 1. The van der Waals surface area contributed by atoms with Crippen molar-refractivity contribution in [2.45, 2.75) is 13.0 Å². The van der Waals surface area contributed by atoms with Gasteiger partial charge in [0.1, 0.15) is 6.07 Å². The van der Waals surface area contributed by atoms with Gasteiger partial charge >= 0.3 is 6.16 Å². The molecule has 1 rings (SSSR count). The molecule has 15 heavy (non-hydrogen) atoms. The van der Waals surface area contributed by atoms with Gasteiger partial charge in [-0.1, -0.05) is 30.3 Å². The molecule has 0 saturated heterocycles. The number of carbonyl (C=O) groups excluding carboxylic acids is 1. The van der Waals surface area contributed by atoms with Crippen LogP contribution in [-0.4, -0.2) is 12.8 Å². The van der Waals surface area contributed by atoms with Crippen molar-refractivity contribution >= 4 is 6.16 Å². The minimum Gasteiger partial charge on any atom is -0.435 e. The molecule has 1 atom stereocenters. The van der Waals surface area contributed by atoms with Crippen molar-refractivity contribution in [2.75, 3.05) is 6.61 Å². The van der Waals surface area contributed by atoms with Crippen LogP contribution >= 0.6 is 0 Å². The Balaban J connectivity index is 2.66. The Labute approximate surface area is 88.0 Å². The Hall–Kier alpha value is -2.02. The van der Waals surface area contributed by atoms with Crippen LogP contribution in [0.3, 0.4) is 0 Å². The van der Waals surface area contributed by atoms with Crippen LogP contribution in [0.2, 0.25) is 0 Å². The van der Waals surface area contributed by atoms with E-state index in [2.05, 4.69) is 4.74 Å². The highest BCUT2D eigenvalue weighted by atomic mass is 16.7. The molecule has 0 amide bonds. The lowest BCUT2D eigenvalue weighted by molar-refractivity contribution is 0.0421. The Morgan fingerprint density at radius 1 is 1.47 bits per heavy atom. The molecule has 0 bridgehead atoms. The number of ether oxygens (including phenoxy) is 2. The second-order valence-corrected chi connectivity index (χ2v) is 2.72. The SMILES string of the molecule is CCOC(=O)O[C@H](C#N)c1ccccc1. The summed E-state index contributed by atoms with van der Waals surface area (Å²) in [6, 6.07) is 10.7. The molecule has 0 fully saturated rings. The Bertz CT molecular complexity index is 356. The van der Waals surface area contributed by atoms with Crippen LogP contribution in [0.15, 0.2) is 30.3 Å². The zero-order valence-electron chi connectivity index (χ0n) is 8.34. The molecule has 4 heteroatoms. The molecular weight excluding hydrogens is 194 g/mol. The smallest absolute Gasteiger partial charge is 0.435 e. The molecule has 0 saturated carbocycles. The molecule has 0 aliphatic carbocycles. The van der Waals surface area contributed by atoms with E-state index in [-0.39, 0.29) is 6.61 Å². The lowest BCUT2D eigenvalue weighted by Gasteiger charge is -2.10. The summed E-state index contributed by atoms with van der Waals surface area (Å²) >= 11 is 0. The van der Waals surface area contributed by atoms with E-state index in [0.29, 0.717) is 5.56 Å². The molecule has 4 nitrogen and oxygen atoms in total. The number of rotatable bonds is 3. The van der Waals surface area contributed by atoms with Crippen molar-refractivity contribution in [1.82, 2.24) is 0 Å². The van der Waals surface area contributed by atoms with Crippen molar-refractivity contribution < 1.29 is 14.3 Å². The summed E-state index contributed by atoms with van der Waals surface area (Å²) in [5, 5.41) is 8.81.